The molecule has 28 heavy (non-hydrogen) atoms. The maximum atomic E-state index is 5.01. The van der Waals surface area contributed by atoms with E-state index in [2.05, 4.69) is 64.9 Å². The SMILES string of the molecule is C[C@H]1CCC(c2ccc3c(c2)nc2n3CCN(Cc3ccccc3)CC2)=NC1. The number of aromatic nitrogens is 2. The maximum Gasteiger partial charge on any atom is 0.111 e. The second-order valence-electron chi connectivity index (χ2n) is 8.33. The molecule has 2 aliphatic rings. The Morgan fingerprint density at radius 2 is 1.89 bits per heavy atom. The summed E-state index contributed by atoms with van der Waals surface area (Å²) in [5.74, 6) is 1.94. The van der Waals surface area contributed by atoms with E-state index in [-0.39, 0.29) is 0 Å². The third kappa shape index (κ3) is 3.49. The third-order valence-electron chi connectivity index (χ3n) is 6.17. The molecule has 5 rings (SSSR count). The van der Waals surface area contributed by atoms with Gasteiger partial charge in [0.2, 0.25) is 0 Å². The summed E-state index contributed by atoms with van der Waals surface area (Å²) in [4.78, 5) is 12.4. The van der Waals surface area contributed by atoms with Crippen molar-refractivity contribution >= 4 is 16.7 Å². The standard InChI is InChI=1S/C24H28N4/c1-18-7-9-21(25-16-18)20-8-10-23-22(15-20)26-24-11-12-27(13-14-28(23)24)17-19-5-3-2-4-6-19/h2-6,8,10,15,18H,7,9,11-14,16-17H2,1H3/t18-/m0/s1. The lowest BCUT2D eigenvalue weighted by molar-refractivity contribution is 0.272. The summed E-state index contributed by atoms with van der Waals surface area (Å²) in [6.07, 6.45) is 3.35. The molecule has 144 valence electrons. The molecule has 0 amide bonds. The summed E-state index contributed by atoms with van der Waals surface area (Å²) in [5.41, 5.74) is 6.31. The van der Waals surface area contributed by atoms with Crippen molar-refractivity contribution in [3.8, 4) is 0 Å². The third-order valence-corrected chi connectivity index (χ3v) is 6.17. The van der Waals surface area contributed by atoms with Gasteiger partial charge in [0.1, 0.15) is 5.82 Å². The van der Waals surface area contributed by atoms with Crippen LogP contribution in [0.2, 0.25) is 0 Å². The Hall–Kier alpha value is -2.46. The highest BCUT2D eigenvalue weighted by atomic mass is 15.2. The second kappa shape index (κ2) is 7.51. The molecule has 2 aliphatic heterocycles. The zero-order valence-electron chi connectivity index (χ0n) is 16.6. The number of benzene rings is 2. The summed E-state index contributed by atoms with van der Waals surface area (Å²) in [6.45, 7) is 7.42. The first kappa shape index (κ1) is 17.6. The van der Waals surface area contributed by atoms with E-state index in [1.165, 1.54) is 34.6 Å². The van der Waals surface area contributed by atoms with Crippen molar-refractivity contribution in [2.75, 3.05) is 19.6 Å². The Bertz CT molecular complexity index is 1000. The minimum absolute atomic E-state index is 0.718. The molecule has 0 spiro atoms. The highest BCUT2D eigenvalue weighted by Crippen LogP contribution is 2.24. The number of nitrogens with zero attached hydrogens (tertiary/aromatic N) is 4. The summed E-state index contributed by atoms with van der Waals surface area (Å²) in [7, 11) is 0. The highest BCUT2D eigenvalue weighted by Gasteiger charge is 2.19. The van der Waals surface area contributed by atoms with E-state index < -0.39 is 0 Å². The molecule has 0 bridgehead atoms. The molecule has 2 aromatic carbocycles. The van der Waals surface area contributed by atoms with Crippen LogP contribution in [0, 0.1) is 5.92 Å². The van der Waals surface area contributed by atoms with Gasteiger partial charge in [-0.25, -0.2) is 4.98 Å². The molecule has 0 saturated heterocycles. The Balaban J connectivity index is 1.36. The molecule has 0 radical (unpaired) electrons. The maximum absolute atomic E-state index is 5.01. The lowest BCUT2D eigenvalue weighted by atomic mass is 9.96. The second-order valence-corrected chi connectivity index (χ2v) is 8.33. The van der Waals surface area contributed by atoms with Gasteiger partial charge in [-0.3, -0.25) is 9.89 Å². The van der Waals surface area contributed by atoms with Crippen molar-refractivity contribution in [2.45, 2.75) is 39.3 Å². The van der Waals surface area contributed by atoms with Crippen LogP contribution in [0.15, 0.2) is 53.5 Å². The van der Waals surface area contributed by atoms with Crippen molar-refractivity contribution in [1.29, 1.82) is 0 Å². The van der Waals surface area contributed by atoms with Crippen molar-refractivity contribution in [1.82, 2.24) is 14.5 Å². The summed E-state index contributed by atoms with van der Waals surface area (Å²) in [6, 6.07) is 17.5. The van der Waals surface area contributed by atoms with Crippen LogP contribution < -0.4 is 0 Å². The van der Waals surface area contributed by atoms with Gasteiger partial charge in [0.25, 0.3) is 0 Å². The van der Waals surface area contributed by atoms with Gasteiger partial charge in [-0.2, -0.15) is 0 Å². The van der Waals surface area contributed by atoms with E-state index in [0.29, 0.717) is 0 Å². The minimum Gasteiger partial charge on any atom is -0.327 e. The number of fused-ring (bicyclic) bond motifs is 3. The number of hydrogen-bond donors (Lipinski definition) is 0. The fraction of sp³-hybridized carbons (Fsp3) is 0.417. The van der Waals surface area contributed by atoms with Crippen LogP contribution >= 0.6 is 0 Å². The fourth-order valence-electron chi connectivity index (χ4n) is 4.47. The van der Waals surface area contributed by atoms with Gasteiger partial charge < -0.3 is 4.57 Å². The molecule has 1 aromatic heterocycles. The summed E-state index contributed by atoms with van der Waals surface area (Å²) >= 11 is 0. The lowest BCUT2D eigenvalue weighted by Crippen LogP contribution is -2.26. The lowest BCUT2D eigenvalue weighted by Gasteiger charge is -2.19. The van der Waals surface area contributed by atoms with Crippen LogP contribution in [0.3, 0.4) is 0 Å². The number of rotatable bonds is 3. The Morgan fingerprint density at radius 1 is 1.00 bits per heavy atom. The molecule has 0 N–H and O–H groups in total. The number of aliphatic imine (C=N–C) groups is 1. The Kier molecular flexibility index (Phi) is 4.73. The van der Waals surface area contributed by atoms with Gasteiger partial charge in [0, 0.05) is 44.9 Å². The topological polar surface area (TPSA) is 33.4 Å². The first-order chi connectivity index (χ1) is 13.8. The van der Waals surface area contributed by atoms with Gasteiger partial charge in [-0.15, -0.1) is 0 Å². The predicted molar refractivity (Wildman–Crippen MR) is 115 cm³/mol. The van der Waals surface area contributed by atoms with Crippen molar-refractivity contribution in [3.05, 3.63) is 65.5 Å². The van der Waals surface area contributed by atoms with Crippen molar-refractivity contribution in [3.63, 3.8) is 0 Å². The highest BCUT2D eigenvalue weighted by molar-refractivity contribution is 6.03. The molecular weight excluding hydrogens is 344 g/mol. The normalized spacial score (nSPS) is 20.6. The van der Waals surface area contributed by atoms with E-state index in [0.717, 1.165) is 57.0 Å². The summed E-state index contributed by atoms with van der Waals surface area (Å²) in [5, 5.41) is 0. The van der Waals surface area contributed by atoms with E-state index in [1.54, 1.807) is 0 Å². The zero-order chi connectivity index (χ0) is 18.9. The van der Waals surface area contributed by atoms with Gasteiger partial charge in [-0.05, 0) is 42.0 Å². The molecular formula is C24H28N4. The monoisotopic (exact) mass is 372 g/mol. The predicted octanol–water partition coefficient (Wildman–Crippen LogP) is 4.31. The zero-order valence-corrected chi connectivity index (χ0v) is 16.6. The van der Waals surface area contributed by atoms with E-state index in [4.69, 9.17) is 9.98 Å². The molecule has 3 heterocycles. The van der Waals surface area contributed by atoms with Gasteiger partial charge in [0.05, 0.1) is 11.0 Å². The first-order valence-corrected chi connectivity index (χ1v) is 10.6. The molecule has 0 fully saturated rings. The van der Waals surface area contributed by atoms with Crippen LogP contribution in [0.4, 0.5) is 0 Å². The fourth-order valence-corrected chi connectivity index (χ4v) is 4.47. The Labute approximate surface area is 166 Å². The number of imidazole rings is 1. The summed E-state index contributed by atoms with van der Waals surface area (Å²) < 4.78 is 2.43. The van der Waals surface area contributed by atoms with E-state index in [1.807, 2.05) is 0 Å². The van der Waals surface area contributed by atoms with Crippen LogP contribution in [0.5, 0.6) is 0 Å². The van der Waals surface area contributed by atoms with Crippen LogP contribution in [0.1, 0.15) is 36.7 Å². The smallest absolute Gasteiger partial charge is 0.111 e. The van der Waals surface area contributed by atoms with E-state index in [9.17, 15) is 0 Å². The number of hydrogen-bond acceptors (Lipinski definition) is 3. The molecule has 4 heteroatoms. The van der Waals surface area contributed by atoms with Crippen molar-refractivity contribution < 1.29 is 0 Å². The Morgan fingerprint density at radius 3 is 2.71 bits per heavy atom. The van der Waals surface area contributed by atoms with Gasteiger partial charge in [0.15, 0.2) is 0 Å². The largest absolute Gasteiger partial charge is 0.327 e. The molecule has 0 unspecified atom stereocenters. The van der Waals surface area contributed by atoms with Crippen LogP contribution in [-0.4, -0.2) is 39.8 Å². The van der Waals surface area contributed by atoms with E-state index >= 15 is 0 Å². The molecule has 0 saturated carbocycles. The van der Waals surface area contributed by atoms with Gasteiger partial charge in [-0.1, -0.05) is 43.3 Å². The quantitative estimate of drug-likeness (QED) is 0.686. The van der Waals surface area contributed by atoms with Crippen LogP contribution in [0.25, 0.3) is 11.0 Å². The molecule has 1 atom stereocenters. The van der Waals surface area contributed by atoms with Crippen molar-refractivity contribution in [2.24, 2.45) is 10.9 Å². The average molecular weight is 373 g/mol. The van der Waals surface area contributed by atoms with Crippen LogP contribution in [-0.2, 0) is 19.5 Å². The molecule has 4 nitrogen and oxygen atoms in total. The molecule has 3 aromatic rings. The minimum atomic E-state index is 0.718. The molecule has 0 aliphatic carbocycles. The van der Waals surface area contributed by atoms with Gasteiger partial charge >= 0.3 is 0 Å². The average Bonchev–Trinajstić information content (AvgIpc) is 2.96. The first-order valence-electron chi connectivity index (χ1n) is 10.6.